The first-order valence-corrected chi connectivity index (χ1v) is 6.25. The van der Waals surface area contributed by atoms with E-state index in [0.717, 1.165) is 18.5 Å². The van der Waals surface area contributed by atoms with E-state index in [1.54, 1.807) is 0 Å². The average molecular weight is 202 g/mol. The smallest absolute Gasteiger partial charge is 0.409 e. The van der Waals surface area contributed by atoms with Gasteiger partial charge in [-0.25, -0.2) is 0 Å². The zero-order valence-electron chi connectivity index (χ0n) is 9.00. The summed E-state index contributed by atoms with van der Waals surface area (Å²) in [5.74, 6) is 1.10. The van der Waals surface area contributed by atoms with Crippen LogP contribution in [-0.2, 0) is 9.31 Å². The average Bonchev–Trinajstić information content (AvgIpc) is 1.97. The van der Waals surface area contributed by atoms with Crippen molar-refractivity contribution in [3.05, 3.63) is 0 Å². The Morgan fingerprint density at radius 2 is 2.23 bits per heavy atom. The van der Waals surface area contributed by atoms with Crippen LogP contribution < -0.4 is 0 Å². The van der Waals surface area contributed by atoms with Gasteiger partial charge in [-0.15, -0.1) is 0 Å². The molecule has 0 aromatic heterocycles. The molecule has 1 rings (SSSR count). The molecule has 1 saturated heterocycles. The molecule has 0 aliphatic carbocycles. The van der Waals surface area contributed by atoms with Crippen molar-refractivity contribution < 1.29 is 9.31 Å². The molecule has 4 heteroatoms. The predicted octanol–water partition coefficient (Wildman–Crippen LogP) is 2.44. The van der Waals surface area contributed by atoms with Gasteiger partial charge in [0.2, 0.25) is 0 Å². The maximum Gasteiger partial charge on any atom is 0.458 e. The molecule has 1 fully saturated rings. The summed E-state index contributed by atoms with van der Waals surface area (Å²) < 4.78 is 11.5. The van der Waals surface area contributed by atoms with E-state index < -0.39 is 0 Å². The summed E-state index contributed by atoms with van der Waals surface area (Å²) >= 11 is 1.84. The Bertz CT molecular complexity index is 164. The molecule has 1 unspecified atom stereocenters. The molecule has 2 nitrogen and oxygen atoms in total. The van der Waals surface area contributed by atoms with Crippen LogP contribution in [0.2, 0.25) is 6.32 Å². The molecule has 76 valence electrons. The monoisotopic (exact) mass is 202 g/mol. The van der Waals surface area contributed by atoms with Crippen molar-refractivity contribution in [3.8, 4) is 0 Å². The molecule has 0 aromatic carbocycles. The molecule has 1 heterocycles. The van der Waals surface area contributed by atoms with Crippen LogP contribution in [0.3, 0.4) is 0 Å². The Kier molecular flexibility index (Phi) is 4.14. The topological polar surface area (TPSA) is 18.5 Å². The van der Waals surface area contributed by atoms with Gasteiger partial charge in [-0.1, -0.05) is 0 Å². The fourth-order valence-electron chi connectivity index (χ4n) is 1.77. The van der Waals surface area contributed by atoms with Crippen LogP contribution in [0, 0.1) is 0 Å². The van der Waals surface area contributed by atoms with Crippen molar-refractivity contribution in [2.24, 2.45) is 0 Å². The largest absolute Gasteiger partial charge is 0.458 e. The van der Waals surface area contributed by atoms with Crippen molar-refractivity contribution in [3.63, 3.8) is 0 Å². The van der Waals surface area contributed by atoms with Crippen LogP contribution >= 0.6 is 11.8 Å². The van der Waals surface area contributed by atoms with Gasteiger partial charge in [-0.3, -0.25) is 0 Å². The summed E-state index contributed by atoms with van der Waals surface area (Å²) in [4.78, 5) is 0. The normalized spacial score (nSPS) is 27.7. The van der Waals surface area contributed by atoms with Crippen LogP contribution in [0.15, 0.2) is 0 Å². The Hall–Kier alpha value is 0.335. The molecule has 1 atom stereocenters. The summed E-state index contributed by atoms with van der Waals surface area (Å²) in [5, 5.41) is 0. The minimum atomic E-state index is -0.0132. The van der Waals surface area contributed by atoms with Gasteiger partial charge in [0.05, 0.1) is 5.60 Å². The van der Waals surface area contributed by atoms with Crippen LogP contribution in [0.25, 0.3) is 0 Å². The first-order valence-electron chi connectivity index (χ1n) is 4.86. The summed E-state index contributed by atoms with van der Waals surface area (Å²) in [6, 6.07) is 0. The Morgan fingerprint density at radius 1 is 1.54 bits per heavy atom. The van der Waals surface area contributed by atoms with E-state index in [9.17, 15) is 0 Å². The van der Waals surface area contributed by atoms with Gasteiger partial charge in [0.15, 0.2) is 0 Å². The quantitative estimate of drug-likeness (QED) is 0.655. The lowest BCUT2D eigenvalue weighted by molar-refractivity contribution is -0.0281. The maximum atomic E-state index is 5.81. The van der Waals surface area contributed by atoms with Gasteiger partial charge in [0.25, 0.3) is 0 Å². The third kappa shape index (κ3) is 3.92. The second-order valence-electron chi connectivity index (χ2n) is 4.24. The molecule has 0 spiro atoms. The van der Waals surface area contributed by atoms with Crippen LogP contribution in [0.4, 0.5) is 0 Å². The number of rotatable bonds is 3. The van der Waals surface area contributed by atoms with Crippen LogP contribution in [-0.4, -0.2) is 30.8 Å². The standard InChI is InChI=1S/C9H19BO2S/c1-8-7-9(2,3)12-10(11-8)5-6-13-4/h8H,5-7H2,1-4H3. The minimum Gasteiger partial charge on any atom is -0.409 e. The molecule has 0 bridgehead atoms. The molecule has 0 saturated carbocycles. The highest BCUT2D eigenvalue weighted by Crippen LogP contribution is 2.27. The van der Waals surface area contributed by atoms with Crippen molar-refractivity contribution in [1.29, 1.82) is 0 Å². The maximum absolute atomic E-state index is 5.81. The van der Waals surface area contributed by atoms with E-state index in [4.69, 9.17) is 9.31 Å². The Balaban J connectivity index is 2.38. The van der Waals surface area contributed by atoms with Crippen molar-refractivity contribution in [1.82, 2.24) is 0 Å². The van der Waals surface area contributed by atoms with Gasteiger partial charge >= 0.3 is 7.12 Å². The van der Waals surface area contributed by atoms with Crippen molar-refractivity contribution in [2.45, 2.75) is 45.2 Å². The first-order chi connectivity index (χ1) is 6.03. The lowest BCUT2D eigenvalue weighted by Gasteiger charge is -2.38. The summed E-state index contributed by atoms with van der Waals surface area (Å²) in [6.07, 6.45) is 4.42. The molecule has 0 N–H and O–H groups in total. The van der Waals surface area contributed by atoms with E-state index in [1.165, 1.54) is 0 Å². The molecule has 1 aliphatic heterocycles. The first kappa shape index (κ1) is 11.4. The van der Waals surface area contributed by atoms with Crippen molar-refractivity contribution >= 4 is 18.9 Å². The van der Waals surface area contributed by atoms with E-state index in [1.807, 2.05) is 11.8 Å². The van der Waals surface area contributed by atoms with Crippen LogP contribution in [0.5, 0.6) is 0 Å². The van der Waals surface area contributed by atoms with Gasteiger partial charge in [0, 0.05) is 6.10 Å². The zero-order valence-corrected chi connectivity index (χ0v) is 9.82. The summed E-state index contributed by atoms with van der Waals surface area (Å²) in [6.45, 7) is 6.40. The van der Waals surface area contributed by atoms with E-state index in [-0.39, 0.29) is 12.7 Å². The second kappa shape index (κ2) is 4.71. The highest BCUT2D eigenvalue weighted by Gasteiger charge is 2.36. The summed E-state index contributed by atoms with van der Waals surface area (Å²) in [7, 11) is 0.00574. The van der Waals surface area contributed by atoms with Gasteiger partial charge < -0.3 is 9.31 Å². The SMILES string of the molecule is CSCCB1OC(C)CC(C)(C)O1. The fraction of sp³-hybridized carbons (Fsp3) is 1.00. The lowest BCUT2D eigenvalue weighted by atomic mass is 9.80. The van der Waals surface area contributed by atoms with E-state index in [0.29, 0.717) is 6.10 Å². The van der Waals surface area contributed by atoms with Crippen molar-refractivity contribution in [2.75, 3.05) is 12.0 Å². The predicted molar refractivity (Wildman–Crippen MR) is 59.3 cm³/mol. The van der Waals surface area contributed by atoms with Gasteiger partial charge in [-0.05, 0) is 45.5 Å². The van der Waals surface area contributed by atoms with Gasteiger partial charge in [0.1, 0.15) is 0 Å². The molecule has 0 aromatic rings. The Morgan fingerprint density at radius 3 is 2.77 bits per heavy atom. The second-order valence-corrected chi connectivity index (χ2v) is 5.22. The van der Waals surface area contributed by atoms with E-state index in [2.05, 4.69) is 27.0 Å². The Labute approximate surface area is 85.9 Å². The number of hydrogen-bond donors (Lipinski definition) is 0. The molecule has 13 heavy (non-hydrogen) atoms. The number of hydrogen-bond acceptors (Lipinski definition) is 3. The summed E-state index contributed by atoms with van der Waals surface area (Å²) in [5.41, 5.74) is -0.0132. The molecular weight excluding hydrogens is 183 g/mol. The third-order valence-corrected chi connectivity index (χ3v) is 2.82. The lowest BCUT2D eigenvalue weighted by Crippen LogP contribution is -2.45. The van der Waals surface area contributed by atoms with Crippen LogP contribution in [0.1, 0.15) is 27.2 Å². The minimum absolute atomic E-state index is 0.00574. The molecule has 0 radical (unpaired) electrons. The third-order valence-electron chi connectivity index (χ3n) is 2.17. The highest BCUT2D eigenvalue weighted by molar-refractivity contribution is 7.98. The highest BCUT2D eigenvalue weighted by atomic mass is 32.2. The molecular formula is C9H19BO2S. The van der Waals surface area contributed by atoms with E-state index >= 15 is 0 Å². The fourth-order valence-corrected chi connectivity index (χ4v) is 2.20. The zero-order chi connectivity index (χ0) is 9.90. The molecule has 1 aliphatic rings. The van der Waals surface area contributed by atoms with Gasteiger partial charge in [-0.2, -0.15) is 11.8 Å². The number of thioether (sulfide) groups is 1. The molecule has 0 amide bonds.